The maximum absolute atomic E-state index is 13.0. The summed E-state index contributed by atoms with van der Waals surface area (Å²) in [7, 11) is -3.90. The molecule has 0 saturated carbocycles. The van der Waals surface area contributed by atoms with Crippen LogP contribution in [-0.4, -0.2) is 8.42 Å². The second kappa shape index (κ2) is 3.31. The number of nitrogens with two attached hydrogens (primary N) is 1. The Morgan fingerprint density at radius 1 is 1.46 bits per heavy atom. The van der Waals surface area contributed by atoms with Crippen LogP contribution in [0.2, 0.25) is 0 Å². The predicted molar refractivity (Wildman–Crippen MR) is 47.9 cm³/mol. The van der Waals surface area contributed by atoms with Gasteiger partial charge in [0.15, 0.2) is 0 Å². The Kier molecular flexibility index (Phi) is 2.53. The fourth-order valence-electron chi connectivity index (χ4n) is 0.856. The molecule has 0 spiro atoms. The van der Waals surface area contributed by atoms with E-state index in [4.69, 9.17) is 0 Å². The average Bonchev–Trinajstić information content (AvgIpc) is 1.93. The highest BCUT2D eigenvalue weighted by molar-refractivity contribution is 7.90. The predicted octanol–water partition coefficient (Wildman–Crippen LogP) is 0.750. The topological polar surface area (TPSA) is 72.2 Å². The molecular formula is C7H9FN2O2S. The molecule has 1 aromatic carbocycles. The van der Waals surface area contributed by atoms with Crippen molar-refractivity contribution in [2.75, 3.05) is 4.72 Å². The molecule has 0 aliphatic carbocycles. The number of hydrogen-bond donors (Lipinski definition) is 2. The van der Waals surface area contributed by atoms with Gasteiger partial charge in [-0.2, -0.15) is 8.42 Å². The van der Waals surface area contributed by atoms with Gasteiger partial charge in [0.05, 0.1) is 5.69 Å². The van der Waals surface area contributed by atoms with Gasteiger partial charge in [-0.05, 0) is 24.6 Å². The van der Waals surface area contributed by atoms with E-state index < -0.39 is 16.0 Å². The summed E-state index contributed by atoms with van der Waals surface area (Å²) < 4.78 is 35.9. The third-order valence-corrected chi connectivity index (χ3v) is 1.88. The number of nitrogens with one attached hydrogen (secondary N) is 1. The molecule has 72 valence electrons. The van der Waals surface area contributed by atoms with Crippen LogP contribution >= 0.6 is 0 Å². The van der Waals surface area contributed by atoms with E-state index in [1.807, 2.05) is 4.72 Å². The molecule has 0 unspecified atom stereocenters. The van der Waals surface area contributed by atoms with Gasteiger partial charge in [-0.1, -0.05) is 6.07 Å². The summed E-state index contributed by atoms with van der Waals surface area (Å²) in [5.74, 6) is -0.644. The van der Waals surface area contributed by atoms with Crippen molar-refractivity contribution in [2.24, 2.45) is 5.14 Å². The standard InChI is InChI=1S/C7H9FN2O2S/c1-5-2-3-7(6(8)4-5)10-13(9,11)12/h2-4,10H,1H3,(H2,9,11,12). The van der Waals surface area contributed by atoms with Crippen LogP contribution in [0.1, 0.15) is 5.56 Å². The molecule has 0 aliphatic rings. The maximum Gasteiger partial charge on any atom is 0.296 e. The van der Waals surface area contributed by atoms with Gasteiger partial charge < -0.3 is 0 Å². The lowest BCUT2D eigenvalue weighted by molar-refractivity contribution is 0.600. The monoisotopic (exact) mass is 204 g/mol. The molecule has 0 radical (unpaired) electrons. The third kappa shape index (κ3) is 3.00. The number of halogens is 1. The number of rotatable bonds is 2. The molecule has 0 aliphatic heterocycles. The molecule has 1 rings (SSSR count). The Bertz CT molecular complexity index is 417. The van der Waals surface area contributed by atoms with Crippen LogP contribution in [0.25, 0.3) is 0 Å². The van der Waals surface area contributed by atoms with Crippen LogP contribution in [0.4, 0.5) is 10.1 Å². The second-order valence-electron chi connectivity index (χ2n) is 2.63. The maximum atomic E-state index is 13.0. The van der Waals surface area contributed by atoms with Crippen molar-refractivity contribution in [2.45, 2.75) is 6.92 Å². The molecule has 13 heavy (non-hydrogen) atoms. The molecular weight excluding hydrogens is 195 g/mol. The summed E-state index contributed by atoms with van der Waals surface area (Å²) in [5, 5.41) is 4.67. The quantitative estimate of drug-likeness (QED) is 0.746. The van der Waals surface area contributed by atoms with Crippen molar-refractivity contribution >= 4 is 15.9 Å². The van der Waals surface area contributed by atoms with E-state index in [-0.39, 0.29) is 5.69 Å². The van der Waals surface area contributed by atoms with Crippen LogP contribution in [0.15, 0.2) is 18.2 Å². The lowest BCUT2D eigenvalue weighted by atomic mass is 10.2. The second-order valence-corrected chi connectivity index (χ2v) is 3.92. The van der Waals surface area contributed by atoms with E-state index in [2.05, 4.69) is 5.14 Å². The van der Waals surface area contributed by atoms with E-state index >= 15 is 0 Å². The van der Waals surface area contributed by atoms with Gasteiger partial charge >= 0.3 is 0 Å². The normalized spacial score (nSPS) is 11.3. The van der Waals surface area contributed by atoms with Gasteiger partial charge in [0.2, 0.25) is 0 Å². The van der Waals surface area contributed by atoms with Crippen LogP contribution in [0.3, 0.4) is 0 Å². The van der Waals surface area contributed by atoms with Gasteiger partial charge in [-0.3, -0.25) is 4.72 Å². The Labute approximate surface area is 75.7 Å². The van der Waals surface area contributed by atoms with Gasteiger partial charge in [0.1, 0.15) is 5.82 Å². The molecule has 0 aromatic heterocycles. The van der Waals surface area contributed by atoms with E-state index in [1.165, 1.54) is 12.1 Å². The van der Waals surface area contributed by atoms with Gasteiger partial charge in [-0.25, -0.2) is 9.53 Å². The molecule has 0 amide bonds. The minimum absolute atomic E-state index is 0.145. The van der Waals surface area contributed by atoms with E-state index in [9.17, 15) is 12.8 Å². The van der Waals surface area contributed by atoms with Crippen LogP contribution in [-0.2, 0) is 10.2 Å². The van der Waals surface area contributed by atoms with Crippen LogP contribution in [0.5, 0.6) is 0 Å². The molecule has 0 atom stereocenters. The lowest BCUT2D eigenvalue weighted by Crippen LogP contribution is -2.22. The van der Waals surface area contributed by atoms with Gasteiger partial charge in [0.25, 0.3) is 10.2 Å². The Morgan fingerprint density at radius 3 is 2.54 bits per heavy atom. The lowest BCUT2D eigenvalue weighted by Gasteiger charge is -2.04. The molecule has 0 saturated heterocycles. The minimum Gasteiger partial charge on any atom is -0.268 e. The zero-order valence-corrected chi connectivity index (χ0v) is 7.73. The van der Waals surface area contributed by atoms with Gasteiger partial charge in [0, 0.05) is 0 Å². The Hall–Kier alpha value is -1.14. The zero-order chi connectivity index (χ0) is 10.1. The molecule has 0 heterocycles. The fraction of sp³-hybridized carbons (Fsp3) is 0.143. The first-order valence-electron chi connectivity index (χ1n) is 3.45. The minimum atomic E-state index is -3.90. The van der Waals surface area contributed by atoms with Crippen LogP contribution < -0.4 is 9.86 Å². The number of hydrogen-bond acceptors (Lipinski definition) is 2. The first-order chi connectivity index (χ1) is 5.88. The number of benzene rings is 1. The summed E-state index contributed by atoms with van der Waals surface area (Å²) >= 11 is 0. The molecule has 3 N–H and O–H groups in total. The summed E-state index contributed by atoms with van der Waals surface area (Å²) in [4.78, 5) is 0. The molecule has 0 fully saturated rings. The van der Waals surface area contributed by atoms with Crippen molar-refractivity contribution < 1.29 is 12.8 Å². The largest absolute Gasteiger partial charge is 0.296 e. The fourth-order valence-corrected chi connectivity index (χ4v) is 1.33. The highest BCUT2D eigenvalue weighted by Crippen LogP contribution is 2.15. The molecule has 4 nitrogen and oxygen atoms in total. The van der Waals surface area contributed by atoms with Crippen molar-refractivity contribution in [1.82, 2.24) is 0 Å². The SMILES string of the molecule is Cc1ccc(NS(N)(=O)=O)c(F)c1. The van der Waals surface area contributed by atoms with E-state index in [0.29, 0.717) is 5.56 Å². The number of aryl methyl sites for hydroxylation is 1. The Morgan fingerprint density at radius 2 is 2.08 bits per heavy atom. The van der Waals surface area contributed by atoms with Crippen molar-refractivity contribution in [1.29, 1.82) is 0 Å². The van der Waals surface area contributed by atoms with Crippen molar-refractivity contribution in [3.05, 3.63) is 29.6 Å². The molecule has 0 bridgehead atoms. The highest BCUT2D eigenvalue weighted by Gasteiger charge is 2.06. The average molecular weight is 204 g/mol. The summed E-state index contributed by atoms with van der Waals surface area (Å²) in [6, 6.07) is 4.11. The summed E-state index contributed by atoms with van der Waals surface area (Å²) in [6.45, 7) is 1.70. The van der Waals surface area contributed by atoms with Crippen LogP contribution in [0, 0.1) is 12.7 Å². The van der Waals surface area contributed by atoms with Gasteiger partial charge in [-0.15, -0.1) is 0 Å². The van der Waals surface area contributed by atoms with Crippen molar-refractivity contribution in [3.63, 3.8) is 0 Å². The van der Waals surface area contributed by atoms with Crippen molar-refractivity contribution in [3.8, 4) is 0 Å². The van der Waals surface area contributed by atoms with E-state index in [0.717, 1.165) is 0 Å². The zero-order valence-electron chi connectivity index (χ0n) is 6.91. The molecule has 6 heteroatoms. The first-order valence-corrected chi connectivity index (χ1v) is 5.00. The smallest absolute Gasteiger partial charge is 0.268 e. The summed E-state index contributed by atoms with van der Waals surface area (Å²) in [6.07, 6.45) is 0. The Balaban J connectivity index is 3.04. The molecule has 1 aromatic rings. The van der Waals surface area contributed by atoms with E-state index in [1.54, 1.807) is 13.0 Å². The summed E-state index contributed by atoms with van der Waals surface area (Å²) in [5.41, 5.74) is 0.561. The highest BCUT2D eigenvalue weighted by atomic mass is 32.2. The number of anilines is 1. The third-order valence-electron chi connectivity index (χ3n) is 1.38. The first kappa shape index (κ1) is 9.94.